The number of nitrogens with zero attached hydrogens (tertiary/aromatic N) is 1. The molecule has 1 atom stereocenters. The number of carbonyl (C=O) groups is 2. The molecule has 7 heteroatoms. The van der Waals surface area contributed by atoms with Crippen LogP contribution in [0, 0.1) is 25.2 Å². The Morgan fingerprint density at radius 3 is 2.19 bits per heavy atom. The lowest BCUT2D eigenvalue weighted by atomic mass is 9.96. The number of methoxy groups -OCH3 is 1. The first kappa shape index (κ1) is 24.7. The lowest BCUT2D eigenvalue weighted by molar-refractivity contribution is -0.143. The summed E-state index contributed by atoms with van der Waals surface area (Å²) >= 11 is 0. The number of amides is 1. The highest BCUT2D eigenvalue weighted by molar-refractivity contribution is 5.81. The fourth-order valence-electron chi connectivity index (χ4n) is 3.19. The van der Waals surface area contributed by atoms with Crippen molar-refractivity contribution in [2.75, 3.05) is 7.11 Å². The van der Waals surface area contributed by atoms with Gasteiger partial charge < -0.3 is 19.5 Å². The van der Waals surface area contributed by atoms with E-state index in [9.17, 15) is 9.59 Å². The zero-order chi connectivity index (χ0) is 23.9. The van der Waals surface area contributed by atoms with Gasteiger partial charge in [0.2, 0.25) is 0 Å². The van der Waals surface area contributed by atoms with Crippen LogP contribution in [0.25, 0.3) is 0 Å². The summed E-state index contributed by atoms with van der Waals surface area (Å²) in [6, 6.07) is 12.2. The molecule has 0 aliphatic heterocycles. The van der Waals surface area contributed by atoms with Crippen LogP contribution in [0.3, 0.4) is 0 Å². The summed E-state index contributed by atoms with van der Waals surface area (Å²) in [5.41, 5.74) is 3.66. The van der Waals surface area contributed by atoms with E-state index in [-0.39, 0.29) is 6.42 Å². The third kappa shape index (κ3) is 7.31. The minimum atomic E-state index is -0.877. The molecular weight excluding hydrogens is 408 g/mol. The summed E-state index contributed by atoms with van der Waals surface area (Å²) < 4.78 is 16.1. The molecular formula is C25H30N2O5. The first-order chi connectivity index (χ1) is 15.0. The van der Waals surface area contributed by atoms with Crippen LogP contribution in [0.5, 0.6) is 5.75 Å². The van der Waals surface area contributed by atoms with Gasteiger partial charge in [0.15, 0.2) is 0 Å². The number of rotatable bonds is 7. The van der Waals surface area contributed by atoms with Gasteiger partial charge in [-0.15, -0.1) is 0 Å². The Hall–Kier alpha value is -3.53. The molecule has 0 spiro atoms. The number of hydrogen-bond acceptors (Lipinski definition) is 6. The van der Waals surface area contributed by atoms with Crippen LogP contribution in [0.4, 0.5) is 4.79 Å². The summed E-state index contributed by atoms with van der Waals surface area (Å²) in [6.07, 6.45) is -0.412. The number of hydrogen-bond donors (Lipinski definition) is 1. The Morgan fingerprint density at radius 2 is 1.69 bits per heavy atom. The number of carbonyl (C=O) groups excluding carboxylic acids is 2. The molecule has 0 fully saturated rings. The SMILES string of the molecule is COC(=O)C(Cc1c(C)cc(OCc2ccc(C#N)cc2)cc1C)NC(=O)OC(C)(C)C. The van der Waals surface area contributed by atoms with Crippen molar-refractivity contribution in [3.63, 3.8) is 0 Å². The van der Waals surface area contributed by atoms with Gasteiger partial charge in [-0.05, 0) is 81.1 Å². The molecule has 2 aromatic rings. The molecule has 0 bridgehead atoms. The van der Waals surface area contributed by atoms with E-state index in [4.69, 9.17) is 19.5 Å². The summed E-state index contributed by atoms with van der Waals surface area (Å²) in [5, 5.41) is 11.5. The molecule has 2 aromatic carbocycles. The number of ether oxygens (including phenoxy) is 3. The van der Waals surface area contributed by atoms with E-state index in [1.54, 1.807) is 32.9 Å². The number of aryl methyl sites for hydroxylation is 2. The molecule has 0 aliphatic carbocycles. The zero-order valence-corrected chi connectivity index (χ0v) is 19.4. The maximum atomic E-state index is 12.3. The average Bonchev–Trinajstić information content (AvgIpc) is 2.72. The lowest BCUT2D eigenvalue weighted by Gasteiger charge is -2.23. The van der Waals surface area contributed by atoms with Gasteiger partial charge >= 0.3 is 12.1 Å². The number of alkyl carbamates (subject to hydrolysis) is 1. The Kier molecular flexibility index (Phi) is 8.25. The highest BCUT2D eigenvalue weighted by Gasteiger charge is 2.26. The summed E-state index contributed by atoms with van der Waals surface area (Å²) in [4.78, 5) is 24.5. The maximum absolute atomic E-state index is 12.3. The Bertz CT molecular complexity index is 977. The van der Waals surface area contributed by atoms with Crippen molar-refractivity contribution < 1.29 is 23.8 Å². The predicted octanol–water partition coefficient (Wildman–Crippen LogP) is 4.36. The van der Waals surface area contributed by atoms with Gasteiger partial charge in [0.05, 0.1) is 18.7 Å². The highest BCUT2D eigenvalue weighted by atomic mass is 16.6. The van der Waals surface area contributed by atoms with Gasteiger partial charge in [0.1, 0.15) is 24.0 Å². The quantitative estimate of drug-likeness (QED) is 0.645. The van der Waals surface area contributed by atoms with E-state index in [0.717, 1.165) is 22.3 Å². The predicted molar refractivity (Wildman–Crippen MR) is 120 cm³/mol. The summed E-state index contributed by atoms with van der Waals surface area (Å²) in [7, 11) is 1.28. The third-order valence-electron chi connectivity index (χ3n) is 4.74. The number of nitrogens with one attached hydrogen (secondary N) is 1. The molecule has 2 rings (SSSR count). The van der Waals surface area contributed by atoms with E-state index in [2.05, 4.69) is 11.4 Å². The second-order valence-electron chi connectivity index (χ2n) is 8.56. The molecule has 0 heterocycles. The largest absolute Gasteiger partial charge is 0.489 e. The van der Waals surface area contributed by atoms with Crippen LogP contribution < -0.4 is 10.1 Å². The van der Waals surface area contributed by atoms with Crippen molar-refractivity contribution in [1.29, 1.82) is 5.26 Å². The van der Waals surface area contributed by atoms with Crippen LogP contribution in [-0.2, 0) is 27.3 Å². The van der Waals surface area contributed by atoms with Crippen molar-refractivity contribution in [1.82, 2.24) is 5.32 Å². The van der Waals surface area contributed by atoms with Gasteiger partial charge in [-0.1, -0.05) is 12.1 Å². The summed E-state index contributed by atoms with van der Waals surface area (Å²) in [5.74, 6) is 0.152. The zero-order valence-electron chi connectivity index (χ0n) is 19.4. The van der Waals surface area contributed by atoms with Crippen molar-refractivity contribution in [2.24, 2.45) is 0 Å². The van der Waals surface area contributed by atoms with Crippen molar-refractivity contribution in [3.8, 4) is 11.8 Å². The van der Waals surface area contributed by atoms with Crippen LogP contribution >= 0.6 is 0 Å². The number of esters is 1. The van der Waals surface area contributed by atoms with E-state index < -0.39 is 23.7 Å². The molecule has 0 saturated heterocycles. The number of benzene rings is 2. The highest BCUT2D eigenvalue weighted by Crippen LogP contribution is 2.24. The summed E-state index contributed by atoms with van der Waals surface area (Å²) in [6.45, 7) is 9.49. The topological polar surface area (TPSA) is 97.6 Å². The van der Waals surface area contributed by atoms with Crippen molar-refractivity contribution in [3.05, 3.63) is 64.2 Å². The van der Waals surface area contributed by atoms with Gasteiger partial charge in [0.25, 0.3) is 0 Å². The number of nitriles is 1. The minimum absolute atomic E-state index is 0.263. The first-order valence-corrected chi connectivity index (χ1v) is 10.3. The Labute approximate surface area is 189 Å². The molecule has 7 nitrogen and oxygen atoms in total. The first-order valence-electron chi connectivity index (χ1n) is 10.3. The molecule has 1 unspecified atom stereocenters. The molecule has 170 valence electrons. The van der Waals surface area contributed by atoms with Gasteiger partial charge in [0, 0.05) is 6.42 Å². The average molecular weight is 439 g/mol. The second-order valence-corrected chi connectivity index (χ2v) is 8.56. The minimum Gasteiger partial charge on any atom is -0.489 e. The molecule has 1 N–H and O–H groups in total. The molecule has 32 heavy (non-hydrogen) atoms. The van der Waals surface area contributed by atoms with Crippen molar-refractivity contribution >= 4 is 12.1 Å². The normalized spacial score (nSPS) is 11.8. The molecule has 0 aliphatic rings. The molecule has 1 amide bonds. The Morgan fingerprint density at radius 1 is 1.09 bits per heavy atom. The lowest BCUT2D eigenvalue weighted by Crippen LogP contribution is -2.45. The molecule has 0 radical (unpaired) electrons. The molecule has 0 saturated carbocycles. The van der Waals surface area contributed by atoms with Crippen molar-refractivity contribution in [2.45, 2.75) is 59.3 Å². The van der Waals surface area contributed by atoms with E-state index >= 15 is 0 Å². The maximum Gasteiger partial charge on any atom is 0.408 e. The fraction of sp³-hybridized carbons (Fsp3) is 0.400. The van der Waals surface area contributed by atoms with E-state index in [1.165, 1.54) is 7.11 Å². The van der Waals surface area contributed by atoms with Gasteiger partial charge in [-0.25, -0.2) is 9.59 Å². The van der Waals surface area contributed by atoms with Crippen LogP contribution in [0.1, 0.15) is 48.6 Å². The smallest absolute Gasteiger partial charge is 0.408 e. The van der Waals surface area contributed by atoms with Crippen LogP contribution in [-0.4, -0.2) is 30.8 Å². The fourth-order valence-corrected chi connectivity index (χ4v) is 3.19. The Balaban J connectivity index is 2.13. The van der Waals surface area contributed by atoms with Crippen LogP contribution in [0.2, 0.25) is 0 Å². The van der Waals surface area contributed by atoms with Crippen LogP contribution in [0.15, 0.2) is 36.4 Å². The second kappa shape index (κ2) is 10.7. The van der Waals surface area contributed by atoms with E-state index in [1.807, 2.05) is 38.1 Å². The standard InChI is InChI=1S/C25H30N2O5/c1-16-11-20(31-15-19-9-7-18(14-26)8-10-19)12-17(2)21(16)13-22(23(28)30-6)27-24(29)32-25(3,4)5/h7-12,22H,13,15H2,1-6H3,(H,27,29). The van der Waals surface area contributed by atoms with Gasteiger partial charge in [-0.2, -0.15) is 5.26 Å². The monoisotopic (exact) mass is 438 g/mol. The molecule has 0 aromatic heterocycles. The van der Waals surface area contributed by atoms with Gasteiger partial charge in [-0.3, -0.25) is 0 Å². The third-order valence-corrected chi connectivity index (χ3v) is 4.74. The van der Waals surface area contributed by atoms with E-state index in [0.29, 0.717) is 17.9 Å².